The zero-order valence-corrected chi connectivity index (χ0v) is 12.2. The van der Waals surface area contributed by atoms with Gasteiger partial charge in [-0.15, -0.1) is 0 Å². The Morgan fingerprint density at radius 2 is 1.95 bits per heavy atom. The summed E-state index contributed by atoms with van der Waals surface area (Å²) in [6, 6.07) is 3.28. The molecule has 2 unspecified atom stereocenters. The normalized spacial score (nSPS) is 29.6. The number of allylic oxidation sites excluding steroid dienone is 2. The van der Waals surface area contributed by atoms with Crippen LogP contribution in [0, 0.1) is 30.6 Å². The van der Waals surface area contributed by atoms with Crippen molar-refractivity contribution in [2.75, 3.05) is 5.32 Å². The molecule has 2 aliphatic carbocycles. The lowest BCUT2D eigenvalue weighted by Gasteiger charge is -2.24. The van der Waals surface area contributed by atoms with Crippen LogP contribution in [0.25, 0.3) is 0 Å². The largest absolute Gasteiger partial charge is 0.481 e. The molecule has 21 heavy (non-hydrogen) atoms. The van der Waals surface area contributed by atoms with E-state index in [4.69, 9.17) is 11.6 Å². The predicted octanol–water partition coefficient (Wildman–Crippen LogP) is 2.50. The fourth-order valence-electron chi connectivity index (χ4n) is 3.39. The summed E-state index contributed by atoms with van der Waals surface area (Å²) in [7, 11) is 0. The van der Waals surface area contributed by atoms with Gasteiger partial charge >= 0.3 is 5.97 Å². The van der Waals surface area contributed by atoms with Crippen molar-refractivity contribution in [2.24, 2.45) is 23.7 Å². The summed E-state index contributed by atoms with van der Waals surface area (Å²) >= 11 is 5.79. The number of pyridine rings is 1. The van der Waals surface area contributed by atoms with E-state index in [0.717, 1.165) is 6.42 Å². The van der Waals surface area contributed by atoms with E-state index in [9.17, 15) is 14.7 Å². The van der Waals surface area contributed by atoms with Crippen LogP contribution < -0.4 is 5.32 Å². The zero-order valence-electron chi connectivity index (χ0n) is 11.4. The second-order valence-electron chi connectivity index (χ2n) is 5.59. The van der Waals surface area contributed by atoms with Crippen LogP contribution in [0.1, 0.15) is 12.1 Å². The summed E-state index contributed by atoms with van der Waals surface area (Å²) in [5, 5.41) is 12.5. The minimum atomic E-state index is -0.905. The smallest absolute Gasteiger partial charge is 0.307 e. The number of rotatable bonds is 3. The first kappa shape index (κ1) is 14.1. The van der Waals surface area contributed by atoms with Crippen LogP contribution in [0.3, 0.4) is 0 Å². The molecular formula is C15H15ClN2O3. The molecule has 0 spiro atoms. The lowest BCUT2D eigenvalue weighted by Crippen LogP contribution is -2.36. The summed E-state index contributed by atoms with van der Waals surface area (Å²) in [4.78, 5) is 28.0. The average Bonchev–Trinajstić information content (AvgIpc) is 3.02. The Kier molecular flexibility index (Phi) is 3.45. The van der Waals surface area contributed by atoms with Crippen molar-refractivity contribution in [2.45, 2.75) is 13.3 Å². The number of hydrogen-bond acceptors (Lipinski definition) is 3. The topological polar surface area (TPSA) is 79.3 Å². The third kappa shape index (κ3) is 2.42. The second-order valence-corrected chi connectivity index (χ2v) is 5.98. The molecule has 110 valence electrons. The highest BCUT2D eigenvalue weighted by atomic mass is 35.5. The quantitative estimate of drug-likeness (QED) is 0.664. The Morgan fingerprint density at radius 3 is 2.57 bits per heavy atom. The Balaban J connectivity index is 1.82. The highest BCUT2D eigenvalue weighted by molar-refractivity contribution is 6.29. The van der Waals surface area contributed by atoms with Crippen LogP contribution in [0.4, 0.5) is 5.69 Å². The molecule has 2 aliphatic rings. The van der Waals surface area contributed by atoms with Gasteiger partial charge in [0, 0.05) is 0 Å². The summed E-state index contributed by atoms with van der Waals surface area (Å²) in [5.74, 6) is -2.35. The van der Waals surface area contributed by atoms with E-state index in [1.807, 2.05) is 12.2 Å². The van der Waals surface area contributed by atoms with Crippen LogP contribution in [0.5, 0.6) is 0 Å². The average molecular weight is 307 g/mol. The van der Waals surface area contributed by atoms with Crippen molar-refractivity contribution in [1.29, 1.82) is 0 Å². The number of halogens is 1. The van der Waals surface area contributed by atoms with Gasteiger partial charge in [-0.3, -0.25) is 9.59 Å². The van der Waals surface area contributed by atoms with Gasteiger partial charge in [0.05, 0.1) is 23.2 Å². The standard InChI is InChI=1S/C15H15ClN2O3/c1-7-10(4-5-11(16)17-7)18-14(19)12-8-2-3-9(6-8)13(12)15(20)21/h2-5,8-9,12-13H,6H2,1H3,(H,18,19)(H,20,21)/t8?,9?,12-,13+/m0/s1. The van der Waals surface area contributed by atoms with Gasteiger partial charge in [0.15, 0.2) is 0 Å². The van der Waals surface area contributed by atoms with E-state index in [0.29, 0.717) is 16.5 Å². The second kappa shape index (κ2) is 5.15. The van der Waals surface area contributed by atoms with Crippen molar-refractivity contribution in [3.05, 3.63) is 35.1 Å². The van der Waals surface area contributed by atoms with Crippen LogP contribution in [0.2, 0.25) is 5.15 Å². The molecule has 1 aromatic heterocycles. The minimum absolute atomic E-state index is 0.0108. The maximum Gasteiger partial charge on any atom is 0.307 e. The molecule has 1 amide bonds. The van der Waals surface area contributed by atoms with Crippen LogP contribution >= 0.6 is 11.6 Å². The van der Waals surface area contributed by atoms with Gasteiger partial charge in [0.1, 0.15) is 5.15 Å². The molecule has 0 radical (unpaired) electrons. The number of nitrogens with zero attached hydrogens (tertiary/aromatic N) is 1. The Hall–Kier alpha value is -1.88. The van der Waals surface area contributed by atoms with E-state index in [1.165, 1.54) is 0 Å². The summed E-state index contributed by atoms with van der Waals surface area (Å²) in [5.41, 5.74) is 1.18. The molecule has 1 fully saturated rings. The SMILES string of the molecule is Cc1nc(Cl)ccc1NC(=O)[C@H]1C2C=CC(C2)[C@H]1C(=O)O. The molecule has 2 N–H and O–H groups in total. The number of aliphatic carboxylic acids is 1. The van der Waals surface area contributed by atoms with Crippen molar-refractivity contribution >= 4 is 29.2 Å². The maximum absolute atomic E-state index is 12.5. The number of carboxylic acids is 1. The Bertz CT molecular complexity index is 644. The van der Waals surface area contributed by atoms with Gasteiger partial charge in [-0.2, -0.15) is 0 Å². The van der Waals surface area contributed by atoms with Crippen LogP contribution in [-0.4, -0.2) is 22.0 Å². The lowest BCUT2D eigenvalue weighted by atomic mass is 9.82. The third-order valence-electron chi connectivity index (χ3n) is 4.36. The summed E-state index contributed by atoms with van der Waals surface area (Å²) in [6.45, 7) is 1.75. The van der Waals surface area contributed by atoms with E-state index in [2.05, 4.69) is 10.3 Å². The highest BCUT2D eigenvalue weighted by Gasteiger charge is 2.51. The van der Waals surface area contributed by atoms with Crippen molar-refractivity contribution in [3.63, 3.8) is 0 Å². The number of aromatic nitrogens is 1. The first-order chi connectivity index (χ1) is 9.97. The number of carbonyl (C=O) groups excluding carboxylic acids is 1. The first-order valence-electron chi connectivity index (χ1n) is 6.82. The van der Waals surface area contributed by atoms with Crippen molar-refractivity contribution in [1.82, 2.24) is 4.98 Å². The fraction of sp³-hybridized carbons (Fsp3) is 0.400. The van der Waals surface area contributed by atoms with Gasteiger partial charge in [-0.1, -0.05) is 23.8 Å². The van der Waals surface area contributed by atoms with Gasteiger partial charge in [0.25, 0.3) is 0 Å². The summed E-state index contributed by atoms with van der Waals surface area (Å²) < 4.78 is 0. The van der Waals surface area contributed by atoms with E-state index < -0.39 is 17.8 Å². The number of amides is 1. The molecular weight excluding hydrogens is 292 g/mol. The number of carboxylic acid groups (broad SMARTS) is 1. The van der Waals surface area contributed by atoms with Gasteiger partial charge in [0.2, 0.25) is 5.91 Å². The fourth-order valence-corrected chi connectivity index (χ4v) is 3.58. The minimum Gasteiger partial charge on any atom is -0.481 e. The van der Waals surface area contributed by atoms with Gasteiger partial charge < -0.3 is 10.4 Å². The zero-order chi connectivity index (χ0) is 15.1. The molecule has 0 aromatic carbocycles. The Labute approximate surface area is 127 Å². The number of nitrogens with one attached hydrogen (secondary N) is 1. The van der Waals surface area contributed by atoms with Crippen molar-refractivity contribution in [3.8, 4) is 0 Å². The van der Waals surface area contributed by atoms with Gasteiger partial charge in [-0.25, -0.2) is 4.98 Å². The first-order valence-corrected chi connectivity index (χ1v) is 7.20. The van der Waals surface area contributed by atoms with Crippen LogP contribution in [0.15, 0.2) is 24.3 Å². The number of hydrogen-bond donors (Lipinski definition) is 2. The summed E-state index contributed by atoms with van der Waals surface area (Å²) in [6.07, 6.45) is 4.62. The molecule has 1 aromatic rings. The molecule has 3 rings (SSSR count). The Morgan fingerprint density at radius 1 is 1.29 bits per heavy atom. The van der Waals surface area contributed by atoms with Crippen LogP contribution in [-0.2, 0) is 9.59 Å². The number of aryl methyl sites for hydroxylation is 1. The molecule has 5 nitrogen and oxygen atoms in total. The number of anilines is 1. The molecule has 6 heteroatoms. The van der Waals surface area contributed by atoms with Crippen molar-refractivity contribution < 1.29 is 14.7 Å². The maximum atomic E-state index is 12.5. The molecule has 0 saturated heterocycles. The molecule has 4 atom stereocenters. The lowest BCUT2D eigenvalue weighted by molar-refractivity contribution is -0.146. The molecule has 0 aliphatic heterocycles. The molecule has 2 bridgehead atoms. The molecule has 1 saturated carbocycles. The van der Waals surface area contributed by atoms with E-state index in [1.54, 1.807) is 19.1 Å². The van der Waals surface area contributed by atoms with E-state index >= 15 is 0 Å². The number of fused-ring (bicyclic) bond motifs is 2. The predicted molar refractivity (Wildman–Crippen MR) is 78.0 cm³/mol. The highest BCUT2D eigenvalue weighted by Crippen LogP contribution is 2.48. The van der Waals surface area contributed by atoms with E-state index in [-0.39, 0.29) is 17.7 Å². The van der Waals surface area contributed by atoms with Gasteiger partial charge in [-0.05, 0) is 37.3 Å². The molecule has 1 heterocycles. The monoisotopic (exact) mass is 306 g/mol. The number of carbonyl (C=O) groups is 2. The third-order valence-corrected chi connectivity index (χ3v) is 4.57.